The summed E-state index contributed by atoms with van der Waals surface area (Å²) < 4.78 is 2.11. The molecular weight excluding hydrogens is 571 g/mol. The molecule has 1 aliphatic rings. The van der Waals surface area contributed by atoms with Gasteiger partial charge in [-0.15, -0.1) is 22.7 Å². The van der Waals surface area contributed by atoms with Gasteiger partial charge in [-0.2, -0.15) is 0 Å². The maximum Gasteiger partial charge on any atom is 0.188 e. The molecule has 7 nitrogen and oxygen atoms in total. The average molecular weight is 614 g/mol. The third-order valence-corrected chi connectivity index (χ3v) is 8.88. The quantitative estimate of drug-likeness (QED) is 0.182. The smallest absolute Gasteiger partial charge is 0.188 e. The lowest BCUT2D eigenvalue weighted by Crippen LogP contribution is -2.43. The van der Waals surface area contributed by atoms with Crippen LogP contribution >= 0.6 is 22.7 Å². The largest absolute Gasteiger partial charge is 0.369 e. The zero-order chi connectivity index (χ0) is 30.9. The number of likely N-dealkylation sites (N-methyl/N-ethyl adjacent to an activating group) is 1. The van der Waals surface area contributed by atoms with Crippen LogP contribution in [-0.4, -0.2) is 57.4 Å². The van der Waals surface area contributed by atoms with E-state index in [-0.39, 0.29) is 0 Å². The van der Waals surface area contributed by atoms with Crippen LogP contribution in [0.25, 0.3) is 28.4 Å². The van der Waals surface area contributed by atoms with Crippen molar-refractivity contribution in [3.8, 4) is 11.4 Å². The molecule has 1 aromatic carbocycles. The Kier molecular flexibility index (Phi) is 11.2. The maximum absolute atomic E-state index is 4.88. The minimum absolute atomic E-state index is 0.837. The first-order chi connectivity index (χ1) is 21.0. The number of aryl methyl sites for hydroxylation is 1. The van der Waals surface area contributed by atoms with E-state index in [9.17, 15) is 0 Å². The molecule has 1 aliphatic heterocycles. The summed E-state index contributed by atoms with van der Waals surface area (Å²) >= 11 is 3.23. The number of hydrogen-bond acceptors (Lipinski definition) is 8. The van der Waals surface area contributed by atoms with Crippen molar-refractivity contribution in [1.29, 1.82) is 0 Å². The molecule has 5 aromatic rings. The summed E-state index contributed by atoms with van der Waals surface area (Å²) in [6.07, 6.45) is 3.95. The first-order valence-electron chi connectivity index (χ1n) is 14.9. The Bertz CT molecular complexity index is 1650. The summed E-state index contributed by atoms with van der Waals surface area (Å²) in [5.41, 5.74) is 7.98. The molecule has 0 atom stereocenters. The third-order valence-electron chi connectivity index (χ3n) is 7.06. The second-order valence-corrected chi connectivity index (χ2v) is 11.7. The molecular formula is C34H43N7S2. The Morgan fingerprint density at radius 3 is 2.42 bits per heavy atom. The fourth-order valence-corrected chi connectivity index (χ4v) is 6.34. The molecule has 0 amide bonds. The number of thiazole rings is 1. The van der Waals surface area contributed by atoms with E-state index in [0.717, 1.165) is 80.9 Å². The second kappa shape index (κ2) is 15.0. The second-order valence-electron chi connectivity index (χ2n) is 9.74. The Labute approximate surface area is 264 Å². The number of benzene rings is 1. The molecule has 2 N–H and O–H groups in total. The molecule has 0 bridgehead atoms. The van der Waals surface area contributed by atoms with E-state index in [2.05, 4.69) is 93.7 Å². The first kappa shape index (κ1) is 32.0. The van der Waals surface area contributed by atoms with Gasteiger partial charge in [0.05, 0.1) is 21.8 Å². The van der Waals surface area contributed by atoms with E-state index in [0.29, 0.717) is 0 Å². The number of pyridine rings is 1. The van der Waals surface area contributed by atoms with Gasteiger partial charge in [0.15, 0.2) is 5.13 Å². The van der Waals surface area contributed by atoms with Crippen LogP contribution in [0, 0.1) is 6.92 Å². The van der Waals surface area contributed by atoms with Crippen LogP contribution < -0.4 is 10.6 Å². The molecule has 4 aromatic heterocycles. The predicted octanol–water partition coefficient (Wildman–Crippen LogP) is 8.92. The van der Waals surface area contributed by atoms with Crippen molar-refractivity contribution < 1.29 is 0 Å². The highest BCUT2D eigenvalue weighted by Crippen LogP contribution is 2.34. The molecule has 5 heterocycles. The summed E-state index contributed by atoms with van der Waals surface area (Å²) in [5, 5.41) is 10.8. The number of nitrogens with zero attached hydrogens (tertiary/aromatic N) is 5. The lowest BCUT2D eigenvalue weighted by molar-refractivity contribution is 0.207. The van der Waals surface area contributed by atoms with Gasteiger partial charge in [-0.05, 0) is 49.9 Å². The van der Waals surface area contributed by atoms with Crippen molar-refractivity contribution in [1.82, 2.24) is 24.2 Å². The van der Waals surface area contributed by atoms with E-state index < -0.39 is 0 Å². The van der Waals surface area contributed by atoms with Gasteiger partial charge in [0.2, 0.25) is 0 Å². The summed E-state index contributed by atoms with van der Waals surface area (Å²) in [6.45, 7) is 22.8. The van der Waals surface area contributed by atoms with Crippen molar-refractivity contribution >= 4 is 55.5 Å². The summed E-state index contributed by atoms with van der Waals surface area (Å²) in [4.78, 5) is 15.4. The first-order valence-corrected chi connectivity index (χ1v) is 16.6. The highest BCUT2D eigenvalue weighted by Gasteiger charge is 2.20. The molecule has 9 heteroatoms. The van der Waals surface area contributed by atoms with Gasteiger partial charge in [-0.25, -0.2) is 9.97 Å². The van der Waals surface area contributed by atoms with Crippen molar-refractivity contribution in [3.63, 3.8) is 0 Å². The predicted molar refractivity (Wildman–Crippen MR) is 189 cm³/mol. The van der Waals surface area contributed by atoms with Crippen LogP contribution in [-0.2, 0) is 0 Å². The normalized spacial score (nSPS) is 13.0. The number of nitrogens with one attached hydrogen (secondary N) is 2. The van der Waals surface area contributed by atoms with Gasteiger partial charge in [-0.1, -0.05) is 59.1 Å². The lowest BCUT2D eigenvalue weighted by atomic mass is 10.1. The van der Waals surface area contributed by atoms with E-state index >= 15 is 0 Å². The van der Waals surface area contributed by atoms with Crippen molar-refractivity contribution in [2.45, 2.75) is 34.6 Å². The molecule has 226 valence electrons. The molecule has 0 aliphatic carbocycles. The molecule has 0 radical (unpaired) electrons. The topological polar surface area (TPSA) is 60.7 Å². The SMILES string of the molecule is C=C(Nc1ccccc1C)c1ccc(Nc2nc(-c3cnc4c(C(=C)N5CCN(C)CC5)cccn34)cs2)s1.CC.CC. The van der Waals surface area contributed by atoms with Gasteiger partial charge in [0.1, 0.15) is 11.3 Å². The third kappa shape index (κ3) is 7.36. The standard InChI is InChI=1S/C30H31N7S2.2C2H6/c1-20-8-5-6-10-24(20)32-21(2)27-11-12-28(39-27)34-30-33-25(19-38-30)26-18-31-29-23(9-7-13-37(26)29)22(3)36-16-14-35(4)15-17-36;2*1-2/h5-13,18-19,32H,2-3,14-17H2,1,4H3,(H,33,34);2*1-2H3. The van der Waals surface area contributed by atoms with E-state index in [1.165, 1.54) is 5.56 Å². The highest BCUT2D eigenvalue weighted by molar-refractivity contribution is 7.18. The van der Waals surface area contributed by atoms with Gasteiger partial charge < -0.3 is 20.4 Å². The Hall–Kier alpha value is -3.92. The lowest BCUT2D eigenvalue weighted by Gasteiger charge is -2.35. The number of fused-ring (bicyclic) bond motifs is 1. The molecule has 0 saturated carbocycles. The van der Waals surface area contributed by atoms with E-state index in [4.69, 9.17) is 9.97 Å². The zero-order valence-corrected chi connectivity index (χ0v) is 27.8. The molecule has 0 spiro atoms. The van der Waals surface area contributed by atoms with Crippen LogP contribution in [0.2, 0.25) is 0 Å². The molecule has 6 rings (SSSR count). The molecule has 1 saturated heterocycles. The number of rotatable bonds is 8. The fraction of sp³-hybridized carbons (Fsp3) is 0.294. The molecule has 1 fully saturated rings. The zero-order valence-electron chi connectivity index (χ0n) is 26.1. The van der Waals surface area contributed by atoms with Crippen LogP contribution in [0.1, 0.15) is 43.7 Å². The molecule has 0 unspecified atom stereocenters. The van der Waals surface area contributed by atoms with Gasteiger partial charge in [0, 0.05) is 60.4 Å². The van der Waals surface area contributed by atoms with Crippen LogP contribution in [0.3, 0.4) is 0 Å². The Morgan fingerprint density at radius 1 is 0.930 bits per heavy atom. The minimum atomic E-state index is 0.837. The summed E-state index contributed by atoms with van der Waals surface area (Å²) in [5.74, 6) is 0. The van der Waals surface area contributed by atoms with Crippen LogP contribution in [0.4, 0.5) is 15.8 Å². The van der Waals surface area contributed by atoms with E-state index in [1.54, 1.807) is 22.7 Å². The number of para-hydroxylation sites is 1. The fourth-order valence-electron chi connectivity index (χ4n) is 4.73. The number of piperazine rings is 1. The number of imidazole rings is 1. The van der Waals surface area contributed by atoms with Gasteiger partial charge in [0.25, 0.3) is 0 Å². The monoisotopic (exact) mass is 613 g/mol. The van der Waals surface area contributed by atoms with E-state index in [1.807, 2.05) is 52.2 Å². The van der Waals surface area contributed by atoms with Crippen molar-refractivity contribution in [2.24, 2.45) is 0 Å². The maximum atomic E-state index is 4.88. The number of thiophene rings is 1. The van der Waals surface area contributed by atoms with Gasteiger partial charge in [-0.3, -0.25) is 4.40 Å². The molecule has 43 heavy (non-hydrogen) atoms. The van der Waals surface area contributed by atoms with Crippen LogP contribution in [0.5, 0.6) is 0 Å². The summed E-state index contributed by atoms with van der Waals surface area (Å²) in [6, 6.07) is 16.5. The van der Waals surface area contributed by atoms with Crippen molar-refractivity contribution in [3.05, 3.63) is 95.5 Å². The Balaban J connectivity index is 0.00000102. The summed E-state index contributed by atoms with van der Waals surface area (Å²) in [7, 11) is 2.16. The number of hydrogen-bond donors (Lipinski definition) is 2. The van der Waals surface area contributed by atoms with Gasteiger partial charge >= 0.3 is 0 Å². The number of anilines is 3. The van der Waals surface area contributed by atoms with Crippen LogP contribution in [0.15, 0.2) is 79.5 Å². The van der Waals surface area contributed by atoms with Crippen molar-refractivity contribution in [2.75, 3.05) is 43.9 Å². The minimum Gasteiger partial charge on any atom is -0.369 e. The number of aromatic nitrogens is 3. The highest BCUT2D eigenvalue weighted by atomic mass is 32.1. The Morgan fingerprint density at radius 2 is 1.67 bits per heavy atom. The average Bonchev–Trinajstić information content (AvgIpc) is 3.81.